The van der Waals surface area contributed by atoms with Gasteiger partial charge in [-0.15, -0.1) is 11.3 Å². The number of carbonyl (C=O) groups excluding carboxylic acids is 1. The average Bonchev–Trinajstić information content (AvgIpc) is 3.36. The van der Waals surface area contributed by atoms with Crippen molar-refractivity contribution in [3.05, 3.63) is 64.9 Å². The van der Waals surface area contributed by atoms with E-state index in [2.05, 4.69) is 6.07 Å². The summed E-state index contributed by atoms with van der Waals surface area (Å²) < 4.78 is 12.5. The van der Waals surface area contributed by atoms with Gasteiger partial charge in [-0.3, -0.25) is 4.79 Å². The average molecular weight is 407 g/mol. The molecule has 0 aliphatic carbocycles. The molecule has 2 aromatic carbocycles. The van der Waals surface area contributed by atoms with Crippen LogP contribution in [-0.4, -0.2) is 36.0 Å². The SMILES string of the molecule is COCc1c(C(=O)N2CCC[C@H](c3nc4ccccc4s3)C2)oc2ccccc12. The fourth-order valence-corrected chi connectivity index (χ4v) is 5.22. The van der Waals surface area contributed by atoms with Crippen LogP contribution in [0.4, 0.5) is 0 Å². The number of nitrogens with zero attached hydrogens (tertiary/aromatic N) is 2. The molecule has 29 heavy (non-hydrogen) atoms. The van der Waals surface area contributed by atoms with Crippen LogP contribution < -0.4 is 0 Å². The highest BCUT2D eigenvalue weighted by atomic mass is 32.1. The van der Waals surface area contributed by atoms with E-state index in [1.54, 1.807) is 18.4 Å². The van der Waals surface area contributed by atoms with Crippen molar-refractivity contribution in [2.24, 2.45) is 0 Å². The molecule has 1 amide bonds. The molecule has 0 bridgehead atoms. The van der Waals surface area contributed by atoms with Gasteiger partial charge in [-0.2, -0.15) is 0 Å². The molecular weight excluding hydrogens is 384 g/mol. The van der Waals surface area contributed by atoms with Crippen molar-refractivity contribution in [2.45, 2.75) is 25.4 Å². The van der Waals surface area contributed by atoms with Gasteiger partial charge in [0.15, 0.2) is 5.76 Å². The first kappa shape index (κ1) is 18.3. The second-order valence-electron chi connectivity index (χ2n) is 7.45. The Morgan fingerprint density at radius 2 is 2.07 bits per heavy atom. The van der Waals surface area contributed by atoms with Gasteiger partial charge in [0, 0.05) is 37.1 Å². The molecule has 2 aromatic heterocycles. The number of para-hydroxylation sites is 2. The third-order valence-corrected chi connectivity index (χ3v) is 6.75. The van der Waals surface area contributed by atoms with Crippen molar-refractivity contribution in [3.63, 3.8) is 0 Å². The number of carbonyl (C=O) groups is 1. The Morgan fingerprint density at radius 1 is 1.24 bits per heavy atom. The van der Waals surface area contributed by atoms with E-state index in [1.807, 2.05) is 47.4 Å². The van der Waals surface area contributed by atoms with Gasteiger partial charge < -0.3 is 14.1 Å². The summed E-state index contributed by atoms with van der Waals surface area (Å²) in [6.07, 6.45) is 2.01. The number of hydrogen-bond donors (Lipinski definition) is 0. The van der Waals surface area contributed by atoms with E-state index in [0.29, 0.717) is 18.9 Å². The molecule has 0 spiro atoms. The second-order valence-corrected chi connectivity index (χ2v) is 8.51. The van der Waals surface area contributed by atoms with E-state index >= 15 is 0 Å². The maximum atomic E-state index is 13.4. The Morgan fingerprint density at radius 3 is 2.93 bits per heavy atom. The van der Waals surface area contributed by atoms with Gasteiger partial charge in [-0.05, 0) is 31.0 Å². The number of hydrogen-bond acceptors (Lipinski definition) is 5. The van der Waals surface area contributed by atoms with Crippen LogP contribution in [0, 0.1) is 0 Å². The molecule has 1 aliphatic rings. The highest BCUT2D eigenvalue weighted by Crippen LogP contribution is 2.34. The summed E-state index contributed by atoms with van der Waals surface area (Å²) in [5, 5.41) is 2.06. The Hall–Kier alpha value is -2.70. The molecule has 1 fully saturated rings. The molecule has 0 radical (unpaired) electrons. The summed E-state index contributed by atoms with van der Waals surface area (Å²) in [6, 6.07) is 16.0. The monoisotopic (exact) mass is 406 g/mol. The van der Waals surface area contributed by atoms with Gasteiger partial charge >= 0.3 is 0 Å². The topological polar surface area (TPSA) is 55.6 Å². The van der Waals surface area contributed by atoms with Gasteiger partial charge in [0.1, 0.15) is 5.58 Å². The Balaban J connectivity index is 1.44. The third-order valence-electron chi connectivity index (χ3n) is 5.55. The highest BCUT2D eigenvalue weighted by Gasteiger charge is 2.31. The molecule has 0 saturated carbocycles. The number of methoxy groups -OCH3 is 1. The number of amides is 1. The van der Waals surface area contributed by atoms with E-state index in [4.69, 9.17) is 14.1 Å². The Labute approximate surface area is 172 Å². The molecule has 1 atom stereocenters. The molecule has 0 N–H and O–H groups in total. The zero-order valence-corrected chi connectivity index (χ0v) is 17.1. The minimum atomic E-state index is -0.0564. The fraction of sp³-hybridized carbons (Fsp3) is 0.304. The second kappa shape index (κ2) is 7.61. The molecule has 1 saturated heterocycles. The van der Waals surface area contributed by atoms with E-state index in [-0.39, 0.29) is 11.8 Å². The summed E-state index contributed by atoms with van der Waals surface area (Å²) in [5.74, 6) is 0.609. The number of fused-ring (bicyclic) bond motifs is 2. The van der Waals surface area contributed by atoms with Crippen LogP contribution in [0.25, 0.3) is 21.2 Å². The smallest absolute Gasteiger partial charge is 0.290 e. The molecule has 4 aromatic rings. The first-order valence-electron chi connectivity index (χ1n) is 9.88. The quantitative estimate of drug-likeness (QED) is 0.467. The lowest BCUT2D eigenvalue weighted by Gasteiger charge is -2.31. The molecule has 6 heteroatoms. The van der Waals surface area contributed by atoms with E-state index in [1.165, 1.54) is 4.70 Å². The number of rotatable bonds is 4. The normalized spacial score (nSPS) is 17.3. The lowest BCUT2D eigenvalue weighted by molar-refractivity contribution is 0.0671. The Bertz CT molecular complexity index is 1150. The minimum Gasteiger partial charge on any atom is -0.451 e. The summed E-state index contributed by atoms with van der Waals surface area (Å²) in [5.41, 5.74) is 2.59. The van der Waals surface area contributed by atoms with Crippen LogP contribution in [0.15, 0.2) is 52.9 Å². The van der Waals surface area contributed by atoms with Crippen molar-refractivity contribution < 1.29 is 13.9 Å². The summed E-state index contributed by atoms with van der Waals surface area (Å²) in [4.78, 5) is 20.1. The van der Waals surface area contributed by atoms with Crippen molar-refractivity contribution in [1.29, 1.82) is 0 Å². The number of ether oxygens (including phenoxy) is 1. The summed E-state index contributed by atoms with van der Waals surface area (Å²) in [6.45, 7) is 1.76. The number of likely N-dealkylation sites (tertiary alicyclic amines) is 1. The maximum absolute atomic E-state index is 13.4. The van der Waals surface area contributed by atoms with Crippen LogP contribution in [0.2, 0.25) is 0 Å². The molecule has 5 nitrogen and oxygen atoms in total. The van der Waals surface area contributed by atoms with Gasteiger partial charge in [0.05, 0.1) is 21.8 Å². The van der Waals surface area contributed by atoms with Crippen molar-refractivity contribution in [1.82, 2.24) is 9.88 Å². The minimum absolute atomic E-state index is 0.0564. The zero-order valence-electron chi connectivity index (χ0n) is 16.3. The van der Waals surface area contributed by atoms with Crippen molar-refractivity contribution in [3.8, 4) is 0 Å². The van der Waals surface area contributed by atoms with E-state index < -0.39 is 0 Å². The highest BCUT2D eigenvalue weighted by molar-refractivity contribution is 7.18. The standard InChI is InChI=1S/C23H22N2O3S/c1-27-14-17-16-8-2-4-10-19(16)28-21(17)23(26)25-12-6-7-15(13-25)22-24-18-9-3-5-11-20(18)29-22/h2-5,8-11,15H,6-7,12-14H2,1H3/t15-/m0/s1. The number of benzene rings is 2. The van der Waals surface area contributed by atoms with Crippen LogP contribution >= 0.6 is 11.3 Å². The number of piperidine rings is 1. The molecule has 3 heterocycles. The fourth-order valence-electron chi connectivity index (χ4n) is 4.13. The lowest BCUT2D eigenvalue weighted by atomic mass is 9.98. The molecule has 1 aliphatic heterocycles. The molecular formula is C23H22N2O3S. The molecule has 148 valence electrons. The predicted molar refractivity (Wildman–Crippen MR) is 114 cm³/mol. The number of furan rings is 1. The van der Waals surface area contributed by atoms with Gasteiger partial charge in [0.2, 0.25) is 0 Å². The van der Waals surface area contributed by atoms with Crippen molar-refractivity contribution >= 4 is 38.4 Å². The zero-order chi connectivity index (χ0) is 19.8. The summed E-state index contributed by atoms with van der Waals surface area (Å²) >= 11 is 1.74. The van der Waals surface area contributed by atoms with E-state index in [0.717, 1.165) is 46.4 Å². The van der Waals surface area contributed by atoms with Crippen molar-refractivity contribution in [2.75, 3.05) is 20.2 Å². The largest absolute Gasteiger partial charge is 0.451 e. The van der Waals surface area contributed by atoms with Gasteiger partial charge in [0.25, 0.3) is 5.91 Å². The summed E-state index contributed by atoms with van der Waals surface area (Å²) in [7, 11) is 1.64. The number of aromatic nitrogens is 1. The van der Waals surface area contributed by atoms with Gasteiger partial charge in [-0.25, -0.2) is 4.98 Å². The van der Waals surface area contributed by atoms with E-state index in [9.17, 15) is 4.79 Å². The molecule has 0 unspecified atom stereocenters. The van der Waals surface area contributed by atoms with Crippen LogP contribution in [-0.2, 0) is 11.3 Å². The first-order valence-corrected chi connectivity index (χ1v) is 10.7. The van der Waals surface area contributed by atoms with Crippen LogP contribution in [0.5, 0.6) is 0 Å². The lowest BCUT2D eigenvalue weighted by Crippen LogP contribution is -2.39. The number of thiazole rings is 1. The van der Waals surface area contributed by atoms with Crippen LogP contribution in [0.3, 0.4) is 0 Å². The third kappa shape index (κ3) is 3.32. The first-order chi connectivity index (χ1) is 14.2. The predicted octanol–water partition coefficient (Wildman–Crippen LogP) is 5.21. The molecule has 5 rings (SSSR count). The maximum Gasteiger partial charge on any atom is 0.290 e. The Kier molecular flexibility index (Phi) is 4.81. The van der Waals surface area contributed by atoms with Gasteiger partial charge in [-0.1, -0.05) is 30.3 Å². The van der Waals surface area contributed by atoms with Crippen LogP contribution in [0.1, 0.15) is 39.9 Å².